The van der Waals surface area contributed by atoms with Crippen LogP contribution in [0.5, 0.6) is 0 Å². The highest BCUT2D eigenvalue weighted by Crippen LogP contribution is 2.36. The Morgan fingerprint density at radius 2 is 2.00 bits per heavy atom. The lowest BCUT2D eigenvalue weighted by Crippen LogP contribution is -2.23. The van der Waals surface area contributed by atoms with Crippen molar-refractivity contribution >= 4 is 33.7 Å². The summed E-state index contributed by atoms with van der Waals surface area (Å²) in [6, 6.07) is 0. The van der Waals surface area contributed by atoms with Gasteiger partial charge in [0.2, 0.25) is 0 Å². The first kappa shape index (κ1) is 16.5. The highest BCUT2D eigenvalue weighted by atomic mass is 32.1. The van der Waals surface area contributed by atoms with E-state index in [0.717, 1.165) is 6.54 Å². The molecule has 0 radical (unpaired) electrons. The van der Waals surface area contributed by atoms with Crippen LogP contribution < -0.4 is 16.4 Å². The maximum Gasteiger partial charge on any atom is 0.256 e. The topological polar surface area (TPSA) is 87.5 Å². The van der Waals surface area contributed by atoms with Gasteiger partial charge in [0.05, 0.1) is 16.1 Å². The second-order valence-electron chi connectivity index (χ2n) is 4.63. The Labute approximate surface area is 123 Å². The van der Waals surface area contributed by atoms with Gasteiger partial charge in [-0.1, -0.05) is 6.92 Å². The van der Waals surface area contributed by atoms with E-state index in [1.54, 1.807) is 14.0 Å². The van der Waals surface area contributed by atoms with Crippen LogP contribution in [0.4, 0.5) is 10.7 Å². The number of likely N-dealkylation sites (N-methyl/N-ethyl adjacent to an activating group) is 1. The highest BCUT2D eigenvalue weighted by molar-refractivity contribution is 7.19. The number of Topliss-reactive ketones (excluding diaryl/α,β-unsaturated/α-hetero) is 1. The Balaban J connectivity index is 3.07. The molecule has 7 heteroatoms. The minimum absolute atomic E-state index is 0.0432. The first-order chi connectivity index (χ1) is 9.42. The van der Waals surface area contributed by atoms with Crippen LogP contribution in [0.1, 0.15) is 33.4 Å². The lowest BCUT2D eigenvalue weighted by molar-refractivity contribution is 0.0964. The molecule has 0 atom stereocenters. The molecule has 4 N–H and O–H groups in total. The molecule has 6 nitrogen and oxygen atoms in total. The molecule has 0 saturated carbocycles. The monoisotopic (exact) mass is 298 g/mol. The van der Waals surface area contributed by atoms with Gasteiger partial charge >= 0.3 is 0 Å². The SMILES string of the molecule is CCC(=O)c1sc(NCCN(C)C)c(C(=O)NC)c1N. The fourth-order valence-corrected chi connectivity index (χ4v) is 2.83. The van der Waals surface area contributed by atoms with Crippen LogP contribution in [-0.4, -0.2) is 50.8 Å². The van der Waals surface area contributed by atoms with Gasteiger partial charge in [-0.05, 0) is 14.1 Å². The Morgan fingerprint density at radius 3 is 2.50 bits per heavy atom. The van der Waals surface area contributed by atoms with Crippen LogP contribution >= 0.6 is 11.3 Å². The molecule has 1 aromatic heterocycles. The fraction of sp³-hybridized carbons (Fsp3) is 0.538. The van der Waals surface area contributed by atoms with Crippen LogP contribution in [0, 0.1) is 0 Å². The molecule has 112 valence electrons. The summed E-state index contributed by atoms with van der Waals surface area (Å²) in [5, 5.41) is 6.40. The van der Waals surface area contributed by atoms with E-state index in [4.69, 9.17) is 5.73 Å². The average molecular weight is 298 g/mol. The molecule has 0 aliphatic carbocycles. The Morgan fingerprint density at radius 1 is 1.35 bits per heavy atom. The molecule has 0 unspecified atom stereocenters. The third-order valence-electron chi connectivity index (χ3n) is 2.82. The number of thiophene rings is 1. The summed E-state index contributed by atoms with van der Waals surface area (Å²) in [7, 11) is 5.48. The molecular formula is C13H22N4O2S. The standard InChI is InChI=1S/C13H22N4O2S/c1-5-8(18)11-10(14)9(12(19)15-2)13(20-11)16-6-7-17(3)4/h16H,5-7,14H2,1-4H3,(H,15,19). The van der Waals surface area contributed by atoms with E-state index in [0.29, 0.717) is 28.4 Å². The zero-order valence-electron chi connectivity index (χ0n) is 12.4. The molecule has 0 fully saturated rings. The van der Waals surface area contributed by atoms with Gasteiger partial charge in [-0.15, -0.1) is 11.3 Å². The van der Waals surface area contributed by atoms with E-state index in [1.165, 1.54) is 11.3 Å². The highest BCUT2D eigenvalue weighted by Gasteiger charge is 2.24. The van der Waals surface area contributed by atoms with Gasteiger partial charge in [0.15, 0.2) is 5.78 Å². The predicted molar refractivity (Wildman–Crippen MR) is 83.8 cm³/mol. The number of nitrogen functional groups attached to an aromatic ring is 1. The molecule has 1 aromatic rings. The van der Waals surface area contributed by atoms with Gasteiger partial charge in [0.1, 0.15) is 5.00 Å². The van der Waals surface area contributed by atoms with Crippen LogP contribution in [0.2, 0.25) is 0 Å². The molecule has 1 rings (SSSR count). The van der Waals surface area contributed by atoms with E-state index in [1.807, 2.05) is 19.0 Å². The number of nitrogens with two attached hydrogens (primary N) is 1. The molecule has 0 aromatic carbocycles. The number of nitrogens with one attached hydrogen (secondary N) is 2. The maximum absolute atomic E-state index is 11.9. The first-order valence-corrected chi connectivity index (χ1v) is 7.30. The second kappa shape index (κ2) is 7.25. The normalized spacial score (nSPS) is 10.7. The molecule has 1 amide bonds. The van der Waals surface area contributed by atoms with Gasteiger partial charge in [0, 0.05) is 26.6 Å². The van der Waals surface area contributed by atoms with Gasteiger partial charge in [-0.25, -0.2) is 0 Å². The lowest BCUT2D eigenvalue weighted by Gasteiger charge is -2.11. The van der Waals surface area contributed by atoms with Crippen molar-refractivity contribution in [2.75, 3.05) is 45.3 Å². The zero-order valence-corrected chi connectivity index (χ0v) is 13.2. The number of carbonyl (C=O) groups excluding carboxylic acids is 2. The Kier molecular flexibility index (Phi) is 5.97. The average Bonchev–Trinajstić information content (AvgIpc) is 2.73. The van der Waals surface area contributed by atoms with Crippen molar-refractivity contribution in [3.8, 4) is 0 Å². The van der Waals surface area contributed by atoms with Crippen molar-refractivity contribution in [1.82, 2.24) is 10.2 Å². The van der Waals surface area contributed by atoms with E-state index in [9.17, 15) is 9.59 Å². The molecule has 0 aliphatic rings. The molecule has 20 heavy (non-hydrogen) atoms. The second-order valence-corrected chi connectivity index (χ2v) is 5.66. The minimum atomic E-state index is -0.277. The van der Waals surface area contributed by atoms with Crippen LogP contribution in [0.15, 0.2) is 0 Å². The summed E-state index contributed by atoms with van der Waals surface area (Å²) in [6.07, 6.45) is 0.370. The fourth-order valence-electron chi connectivity index (χ4n) is 1.68. The molecular weight excluding hydrogens is 276 g/mol. The number of hydrogen-bond acceptors (Lipinski definition) is 6. The third kappa shape index (κ3) is 3.71. The number of amides is 1. The summed E-state index contributed by atoms with van der Waals surface area (Å²) < 4.78 is 0. The number of anilines is 2. The number of rotatable bonds is 7. The predicted octanol–water partition coefficient (Wildman–Crippen LogP) is 1.26. The lowest BCUT2D eigenvalue weighted by atomic mass is 10.1. The first-order valence-electron chi connectivity index (χ1n) is 6.48. The van der Waals surface area contributed by atoms with Crippen molar-refractivity contribution in [1.29, 1.82) is 0 Å². The Bertz CT molecular complexity index is 497. The van der Waals surface area contributed by atoms with Crippen molar-refractivity contribution in [3.63, 3.8) is 0 Å². The number of hydrogen-bond donors (Lipinski definition) is 3. The van der Waals surface area contributed by atoms with Crippen LogP contribution in [0.25, 0.3) is 0 Å². The molecule has 0 saturated heterocycles. The van der Waals surface area contributed by atoms with Gasteiger partial charge in [0.25, 0.3) is 5.91 Å². The van der Waals surface area contributed by atoms with E-state index in [-0.39, 0.29) is 17.4 Å². The van der Waals surface area contributed by atoms with E-state index < -0.39 is 0 Å². The van der Waals surface area contributed by atoms with Gasteiger partial charge in [-0.2, -0.15) is 0 Å². The van der Waals surface area contributed by atoms with Crippen LogP contribution in [-0.2, 0) is 0 Å². The summed E-state index contributed by atoms with van der Waals surface area (Å²) in [6.45, 7) is 3.28. The van der Waals surface area contributed by atoms with E-state index >= 15 is 0 Å². The number of ketones is 1. The van der Waals surface area contributed by atoms with E-state index in [2.05, 4.69) is 10.6 Å². The van der Waals surface area contributed by atoms with Gasteiger partial charge < -0.3 is 21.3 Å². The minimum Gasteiger partial charge on any atom is -0.397 e. The summed E-state index contributed by atoms with van der Waals surface area (Å²) in [4.78, 5) is 26.3. The molecule has 0 aliphatic heterocycles. The summed E-state index contributed by atoms with van der Waals surface area (Å²) in [5.41, 5.74) is 6.61. The molecule has 0 bridgehead atoms. The number of nitrogens with zero attached hydrogens (tertiary/aromatic N) is 1. The molecule has 1 heterocycles. The van der Waals surface area contributed by atoms with Crippen molar-refractivity contribution in [2.24, 2.45) is 0 Å². The molecule has 0 spiro atoms. The zero-order chi connectivity index (χ0) is 15.3. The largest absolute Gasteiger partial charge is 0.397 e. The van der Waals surface area contributed by atoms with Crippen molar-refractivity contribution in [2.45, 2.75) is 13.3 Å². The smallest absolute Gasteiger partial charge is 0.256 e. The Hall–Kier alpha value is -1.60. The van der Waals surface area contributed by atoms with Crippen molar-refractivity contribution < 1.29 is 9.59 Å². The van der Waals surface area contributed by atoms with Crippen molar-refractivity contribution in [3.05, 3.63) is 10.4 Å². The summed E-state index contributed by atoms with van der Waals surface area (Å²) in [5.74, 6) is -0.320. The quantitative estimate of drug-likeness (QED) is 0.660. The maximum atomic E-state index is 11.9. The summed E-state index contributed by atoms with van der Waals surface area (Å²) >= 11 is 1.25. The van der Waals surface area contributed by atoms with Gasteiger partial charge in [-0.3, -0.25) is 9.59 Å². The third-order valence-corrected chi connectivity index (χ3v) is 4.02. The number of carbonyl (C=O) groups is 2. The van der Waals surface area contributed by atoms with Crippen LogP contribution in [0.3, 0.4) is 0 Å².